The molecule has 0 heterocycles. The van der Waals surface area contributed by atoms with Crippen LogP contribution in [0.5, 0.6) is 0 Å². The summed E-state index contributed by atoms with van der Waals surface area (Å²) in [5.74, 6) is 0.543. The molecular formula is C17H27FN2. The van der Waals surface area contributed by atoms with Gasteiger partial charge in [0.15, 0.2) is 0 Å². The molecule has 1 aromatic rings. The van der Waals surface area contributed by atoms with E-state index >= 15 is 0 Å². The molecule has 0 amide bonds. The number of hydrogen-bond acceptors (Lipinski definition) is 2. The highest BCUT2D eigenvalue weighted by atomic mass is 19.1. The van der Waals surface area contributed by atoms with E-state index in [9.17, 15) is 4.39 Å². The quantitative estimate of drug-likeness (QED) is 0.877. The SMILES string of the molecule is CCNCc1cccc(F)c1N(C)C1CCCCC1C. The fourth-order valence-corrected chi connectivity index (χ4v) is 3.40. The van der Waals surface area contributed by atoms with Crippen molar-refractivity contribution in [3.8, 4) is 0 Å². The summed E-state index contributed by atoms with van der Waals surface area (Å²) < 4.78 is 14.3. The van der Waals surface area contributed by atoms with E-state index < -0.39 is 0 Å². The Balaban J connectivity index is 2.25. The van der Waals surface area contributed by atoms with Crippen molar-refractivity contribution in [3.05, 3.63) is 29.6 Å². The minimum atomic E-state index is -0.0966. The van der Waals surface area contributed by atoms with Crippen LogP contribution in [0.3, 0.4) is 0 Å². The fraction of sp³-hybridized carbons (Fsp3) is 0.647. The first-order valence-electron chi connectivity index (χ1n) is 7.86. The van der Waals surface area contributed by atoms with Gasteiger partial charge in [-0.1, -0.05) is 38.8 Å². The normalized spacial score (nSPS) is 22.8. The summed E-state index contributed by atoms with van der Waals surface area (Å²) in [5, 5.41) is 3.31. The summed E-state index contributed by atoms with van der Waals surface area (Å²) in [4.78, 5) is 2.19. The van der Waals surface area contributed by atoms with E-state index in [-0.39, 0.29) is 5.82 Å². The highest BCUT2D eigenvalue weighted by Crippen LogP contribution is 2.33. The standard InChI is InChI=1S/C17H27FN2/c1-4-19-12-14-9-7-10-15(18)17(14)20(3)16-11-6-5-8-13(16)2/h7,9-10,13,16,19H,4-6,8,11-12H2,1-3H3. The van der Waals surface area contributed by atoms with Crippen LogP contribution in [0.2, 0.25) is 0 Å². The molecule has 1 saturated carbocycles. The van der Waals surface area contributed by atoms with Crippen LogP contribution in [0.4, 0.5) is 10.1 Å². The van der Waals surface area contributed by atoms with Crippen molar-refractivity contribution in [1.82, 2.24) is 5.32 Å². The molecule has 0 spiro atoms. The third kappa shape index (κ3) is 3.32. The lowest BCUT2D eigenvalue weighted by atomic mass is 9.84. The van der Waals surface area contributed by atoms with Gasteiger partial charge in [0.25, 0.3) is 0 Å². The van der Waals surface area contributed by atoms with Crippen molar-refractivity contribution < 1.29 is 4.39 Å². The number of anilines is 1. The smallest absolute Gasteiger partial charge is 0.146 e. The van der Waals surface area contributed by atoms with Crippen molar-refractivity contribution in [2.75, 3.05) is 18.5 Å². The van der Waals surface area contributed by atoms with Crippen LogP contribution < -0.4 is 10.2 Å². The summed E-state index contributed by atoms with van der Waals surface area (Å²) in [7, 11) is 2.06. The second-order valence-electron chi connectivity index (χ2n) is 5.97. The van der Waals surface area contributed by atoms with Crippen LogP contribution in [0.15, 0.2) is 18.2 Å². The van der Waals surface area contributed by atoms with E-state index in [1.54, 1.807) is 6.07 Å². The lowest BCUT2D eigenvalue weighted by Crippen LogP contribution is -2.40. The first-order chi connectivity index (χ1) is 9.65. The Morgan fingerprint density at radius 1 is 1.30 bits per heavy atom. The van der Waals surface area contributed by atoms with Gasteiger partial charge in [0.1, 0.15) is 5.82 Å². The van der Waals surface area contributed by atoms with Crippen molar-refractivity contribution >= 4 is 5.69 Å². The second kappa shape index (κ2) is 7.07. The molecule has 0 aromatic heterocycles. The average Bonchev–Trinajstić information content (AvgIpc) is 2.45. The number of benzene rings is 1. The lowest BCUT2D eigenvalue weighted by Gasteiger charge is -2.38. The maximum Gasteiger partial charge on any atom is 0.146 e. The molecular weight excluding hydrogens is 251 g/mol. The Morgan fingerprint density at radius 3 is 2.75 bits per heavy atom. The van der Waals surface area contributed by atoms with Crippen molar-refractivity contribution in [1.29, 1.82) is 0 Å². The zero-order valence-corrected chi connectivity index (χ0v) is 13.0. The molecule has 1 aliphatic rings. The van der Waals surface area contributed by atoms with Crippen LogP contribution in [0.25, 0.3) is 0 Å². The van der Waals surface area contributed by atoms with Gasteiger partial charge in [-0.15, -0.1) is 0 Å². The van der Waals surface area contributed by atoms with E-state index in [2.05, 4.69) is 31.1 Å². The Kier molecular flexibility index (Phi) is 5.41. The maximum atomic E-state index is 14.3. The van der Waals surface area contributed by atoms with Crippen LogP contribution in [0.1, 0.15) is 45.1 Å². The number of para-hydroxylation sites is 1. The Labute approximate surface area is 122 Å². The van der Waals surface area contributed by atoms with E-state index in [1.807, 2.05) is 12.1 Å². The zero-order chi connectivity index (χ0) is 14.5. The predicted octanol–water partition coefficient (Wildman–Crippen LogP) is 3.95. The third-order valence-corrected chi connectivity index (χ3v) is 4.55. The molecule has 2 nitrogen and oxygen atoms in total. The molecule has 0 aliphatic heterocycles. The average molecular weight is 278 g/mol. The monoisotopic (exact) mass is 278 g/mol. The topological polar surface area (TPSA) is 15.3 Å². The summed E-state index contributed by atoms with van der Waals surface area (Å²) in [5.41, 5.74) is 1.85. The van der Waals surface area contributed by atoms with Crippen LogP contribution in [-0.4, -0.2) is 19.6 Å². The fourth-order valence-electron chi connectivity index (χ4n) is 3.40. The summed E-state index contributed by atoms with van der Waals surface area (Å²) in [6, 6.07) is 5.88. The molecule has 20 heavy (non-hydrogen) atoms. The largest absolute Gasteiger partial charge is 0.369 e. The van der Waals surface area contributed by atoms with Crippen molar-refractivity contribution in [2.24, 2.45) is 5.92 Å². The van der Waals surface area contributed by atoms with Crippen molar-refractivity contribution in [2.45, 2.75) is 52.1 Å². The van der Waals surface area contributed by atoms with Crippen LogP contribution in [-0.2, 0) is 6.54 Å². The van der Waals surface area contributed by atoms with Gasteiger partial charge in [-0.05, 0) is 36.9 Å². The summed E-state index contributed by atoms with van der Waals surface area (Å²) >= 11 is 0. The Morgan fingerprint density at radius 2 is 2.05 bits per heavy atom. The minimum absolute atomic E-state index is 0.0966. The molecule has 1 fully saturated rings. The van der Waals surface area contributed by atoms with E-state index in [1.165, 1.54) is 25.7 Å². The van der Waals surface area contributed by atoms with Gasteiger partial charge in [-0.25, -0.2) is 4.39 Å². The summed E-state index contributed by atoms with van der Waals surface area (Å²) in [6.07, 6.45) is 5.00. The van der Waals surface area contributed by atoms with Gasteiger partial charge in [-0.2, -0.15) is 0 Å². The first-order valence-corrected chi connectivity index (χ1v) is 7.86. The molecule has 3 heteroatoms. The van der Waals surface area contributed by atoms with Gasteiger partial charge in [-0.3, -0.25) is 0 Å². The van der Waals surface area contributed by atoms with Gasteiger partial charge in [0.05, 0.1) is 5.69 Å². The van der Waals surface area contributed by atoms with Gasteiger partial charge >= 0.3 is 0 Å². The molecule has 1 N–H and O–H groups in total. The minimum Gasteiger partial charge on any atom is -0.369 e. The number of nitrogens with one attached hydrogen (secondary N) is 1. The molecule has 0 radical (unpaired) electrons. The molecule has 2 unspecified atom stereocenters. The van der Waals surface area contributed by atoms with Crippen LogP contribution >= 0.6 is 0 Å². The molecule has 0 saturated heterocycles. The zero-order valence-electron chi connectivity index (χ0n) is 13.0. The van der Waals surface area contributed by atoms with Gasteiger partial charge in [0.2, 0.25) is 0 Å². The highest BCUT2D eigenvalue weighted by molar-refractivity contribution is 5.55. The molecule has 112 valence electrons. The number of hydrogen-bond donors (Lipinski definition) is 1. The Hall–Kier alpha value is -1.09. The first kappa shape index (κ1) is 15.3. The Bertz CT molecular complexity index is 433. The summed E-state index contributed by atoms with van der Waals surface area (Å²) in [6.45, 7) is 6.01. The number of rotatable bonds is 5. The highest BCUT2D eigenvalue weighted by Gasteiger charge is 2.27. The molecule has 2 atom stereocenters. The number of halogens is 1. The van der Waals surface area contributed by atoms with E-state index in [4.69, 9.17) is 0 Å². The second-order valence-corrected chi connectivity index (χ2v) is 5.97. The molecule has 2 rings (SSSR count). The van der Waals surface area contributed by atoms with Crippen LogP contribution in [0, 0.1) is 11.7 Å². The predicted molar refractivity (Wildman–Crippen MR) is 83.6 cm³/mol. The molecule has 1 aromatic carbocycles. The maximum absolute atomic E-state index is 14.3. The number of nitrogens with zero attached hydrogens (tertiary/aromatic N) is 1. The third-order valence-electron chi connectivity index (χ3n) is 4.55. The lowest BCUT2D eigenvalue weighted by molar-refractivity contribution is 0.320. The van der Waals surface area contributed by atoms with E-state index in [0.717, 1.165) is 24.3 Å². The van der Waals surface area contributed by atoms with Crippen molar-refractivity contribution in [3.63, 3.8) is 0 Å². The van der Waals surface area contributed by atoms with Gasteiger partial charge < -0.3 is 10.2 Å². The molecule has 1 aliphatic carbocycles. The van der Waals surface area contributed by atoms with E-state index in [0.29, 0.717) is 12.0 Å². The molecule has 0 bridgehead atoms. The van der Waals surface area contributed by atoms with Gasteiger partial charge in [0, 0.05) is 19.6 Å².